The monoisotopic (exact) mass is 421 g/mol. The molecule has 0 bridgehead atoms. The van der Waals surface area contributed by atoms with Crippen LogP contribution in [0.3, 0.4) is 0 Å². The van der Waals surface area contributed by atoms with Crippen molar-refractivity contribution >= 4 is 8.32 Å². The van der Waals surface area contributed by atoms with Gasteiger partial charge in [-0.05, 0) is 37.5 Å². The summed E-state index contributed by atoms with van der Waals surface area (Å²) in [5, 5.41) is 14.5. The summed E-state index contributed by atoms with van der Waals surface area (Å²) < 4.78 is 18.5. The van der Waals surface area contributed by atoms with Crippen molar-refractivity contribution in [2.45, 2.75) is 89.4 Å². The zero-order valence-electron chi connectivity index (χ0n) is 19.1. The molecule has 0 aliphatic carbocycles. The van der Waals surface area contributed by atoms with Gasteiger partial charge in [-0.25, -0.2) is 0 Å². The van der Waals surface area contributed by atoms with Crippen LogP contribution in [0.4, 0.5) is 0 Å². The Morgan fingerprint density at radius 3 is 2.34 bits per heavy atom. The molecule has 0 aromatic heterocycles. The average Bonchev–Trinajstić information content (AvgIpc) is 2.96. The second-order valence-electron chi connectivity index (χ2n) is 9.83. The van der Waals surface area contributed by atoms with Crippen molar-refractivity contribution < 1.29 is 19.0 Å². The number of benzene rings is 1. The van der Waals surface area contributed by atoms with Crippen LogP contribution in [-0.4, -0.2) is 50.2 Å². The molecule has 2 rings (SSSR count). The number of hydrogen-bond donors (Lipinski definition) is 2. The number of ether oxygens (including phenoxy) is 2. The molecule has 5 nitrogen and oxygen atoms in total. The first-order chi connectivity index (χ1) is 13.4. The largest absolute Gasteiger partial charge is 0.414 e. The Kier molecular flexibility index (Phi) is 7.87. The van der Waals surface area contributed by atoms with Gasteiger partial charge in [0.2, 0.25) is 0 Å². The molecular formula is C23H39NO4Si. The third kappa shape index (κ3) is 6.48. The SMILES string of the molecule is C=C[C@H](NCc1ccccc1)[C@@H]1OC(C)(C)O[C@@H]1[C@H](O)CO[Si](C)(C)C(C)(C)C. The molecule has 1 aromatic carbocycles. The molecule has 0 radical (unpaired) electrons. The summed E-state index contributed by atoms with van der Waals surface area (Å²) in [6.45, 7) is 19.6. The lowest BCUT2D eigenvalue weighted by molar-refractivity contribution is -0.157. The van der Waals surface area contributed by atoms with E-state index in [1.807, 2.05) is 38.1 Å². The fourth-order valence-electron chi connectivity index (χ4n) is 3.16. The molecular weight excluding hydrogens is 382 g/mol. The van der Waals surface area contributed by atoms with Gasteiger partial charge in [-0.1, -0.05) is 57.2 Å². The van der Waals surface area contributed by atoms with Crippen LogP contribution in [0.2, 0.25) is 18.1 Å². The minimum Gasteiger partial charge on any atom is -0.414 e. The van der Waals surface area contributed by atoms with Gasteiger partial charge in [0.1, 0.15) is 18.3 Å². The van der Waals surface area contributed by atoms with E-state index in [-0.39, 0.29) is 23.8 Å². The van der Waals surface area contributed by atoms with Gasteiger partial charge in [-0.15, -0.1) is 6.58 Å². The third-order valence-corrected chi connectivity index (χ3v) is 10.5. The molecule has 1 saturated heterocycles. The van der Waals surface area contributed by atoms with Gasteiger partial charge in [-0.3, -0.25) is 0 Å². The van der Waals surface area contributed by atoms with Crippen molar-refractivity contribution in [3.05, 3.63) is 48.6 Å². The fraction of sp³-hybridized carbons (Fsp3) is 0.652. The van der Waals surface area contributed by atoms with Gasteiger partial charge in [0.25, 0.3) is 0 Å². The summed E-state index contributed by atoms with van der Waals surface area (Å²) in [6, 6.07) is 10.0. The van der Waals surface area contributed by atoms with Gasteiger partial charge < -0.3 is 24.3 Å². The third-order valence-electron chi connectivity index (χ3n) is 5.96. The van der Waals surface area contributed by atoms with Crippen molar-refractivity contribution in [1.82, 2.24) is 5.32 Å². The molecule has 0 saturated carbocycles. The minimum absolute atomic E-state index is 0.0827. The molecule has 1 fully saturated rings. The Bertz CT molecular complexity index is 657. The van der Waals surface area contributed by atoms with E-state index in [2.05, 4.69) is 57.9 Å². The van der Waals surface area contributed by atoms with E-state index in [0.717, 1.165) is 0 Å². The molecule has 6 heteroatoms. The summed E-state index contributed by atoms with van der Waals surface area (Å²) in [5.41, 5.74) is 1.18. The summed E-state index contributed by atoms with van der Waals surface area (Å²) in [5.74, 6) is -0.775. The molecule has 1 aliphatic rings. The number of nitrogens with one attached hydrogen (secondary N) is 1. The van der Waals surface area contributed by atoms with Gasteiger partial charge in [-0.2, -0.15) is 0 Å². The highest BCUT2D eigenvalue weighted by atomic mass is 28.4. The Balaban J connectivity index is 2.06. The Morgan fingerprint density at radius 1 is 1.21 bits per heavy atom. The van der Waals surface area contributed by atoms with Crippen molar-refractivity contribution in [1.29, 1.82) is 0 Å². The topological polar surface area (TPSA) is 60.0 Å². The molecule has 2 N–H and O–H groups in total. The Labute approximate surface area is 177 Å². The smallest absolute Gasteiger partial charge is 0.192 e. The zero-order chi connectivity index (χ0) is 21.9. The Morgan fingerprint density at radius 2 is 1.79 bits per heavy atom. The van der Waals surface area contributed by atoms with Crippen LogP contribution in [0.25, 0.3) is 0 Å². The fourth-order valence-corrected chi connectivity index (χ4v) is 4.18. The van der Waals surface area contributed by atoms with Gasteiger partial charge in [0.05, 0.1) is 12.6 Å². The van der Waals surface area contributed by atoms with E-state index in [1.54, 1.807) is 0 Å². The molecule has 1 aromatic rings. The molecule has 0 amide bonds. The first-order valence-electron chi connectivity index (χ1n) is 10.4. The van der Waals surface area contributed by atoms with Crippen LogP contribution >= 0.6 is 0 Å². The second-order valence-corrected chi connectivity index (χ2v) is 14.6. The number of rotatable bonds is 9. The lowest BCUT2D eigenvalue weighted by atomic mass is 10.0. The van der Waals surface area contributed by atoms with Crippen LogP contribution in [0.15, 0.2) is 43.0 Å². The predicted octanol–water partition coefficient (Wildman–Crippen LogP) is 4.23. The maximum absolute atomic E-state index is 10.9. The highest BCUT2D eigenvalue weighted by Crippen LogP contribution is 2.37. The van der Waals surface area contributed by atoms with E-state index in [1.165, 1.54) is 5.56 Å². The number of hydrogen-bond acceptors (Lipinski definition) is 5. The maximum Gasteiger partial charge on any atom is 0.192 e. The molecule has 1 aliphatic heterocycles. The van der Waals surface area contributed by atoms with Crippen molar-refractivity contribution in [3.8, 4) is 0 Å². The summed E-state index contributed by atoms with van der Waals surface area (Å²) in [7, 11) is -1.96. The van der Waals surface area contributed by atoms with Crippen LogP contribution in [-0.2, 0) is 20.4 Å². The molecule has 0 spiro atoms. The molecule has 1 heterocycles. The standard InChI is InChI=1S/C23H39NO4Si/c1-9-18(24-15-17-13-11-10-12-14-17)20-21(28-23(5,6)27-20)19(25)16-26-29(7,8)22(2,3)4/h9-14,18-21,24-25H,1,15-16H2,2-8H3/t18-,19+,20-,21+/m0/s1. The van der Waals surface area contributed by atoms with Crippen LogP contribution < -0.4 is 5.32 Å². The van der Waals surface area contributed by atoms with E-state index in [0.29, 0.717) is 6.54 Å². The van der Waals surface area contributed by atoms with E-state index in [4.69, 9.17) is 13.9 Å². The normalized spacial score (nSPS) is 24.3. The minimum atomic E-state index is -1.96. The van der Waals surface area contributed by atoms with Crippen LogP contribution in [0, 0.1) is 0 Å². The Hall–Kier alpha value is -1.02. The van der Waals surface area contributed by atoms with Gasteiger partial charge in [0.15, 0.2) is 14.1 Å². The molecule has 0 unspecified atom stereocenters. The van der Waals surface area contributed by atoms with Gasteiger partial charge >= 0.3 is 0 Å². The summed E-state index contributed by atoms with van der Waals surface area (Å²) in [4.78, 5) is 0. The highest BCUT2D eigenvalue weighted by Gasteiger charge is 2.48. The summed E-state index contributed by atoms with van der Waals surface area (Å²) >= 11 is 0. The quantitative estimate of drug-likeness (QED) is 0.461. The zero-order valence-corrected chi connectivity index (χ0v) is 20.1. The summed E-state index contributed by atoms with van der Waals surface area (Å²) in [6.07, 6.45) is 0.189. The van der Waals surface area contributed by atoms with Crippen molar-refractivity contribution in [2.75, 3.05) is 6.61 Å². The lowest BCUT2D eigenvalue weighted by Crippen LogP contribution is -2.50. The maximum atomic E-state index is 10.9. The van der Waals surface area contributed by atoms with E-state index < -0.39 is 26.3 Å². The number of aliphatic hydroxyl groups excluding tert-OH is 1. The van der Waals surface area contributed by atoms with Crippen molar-refractivity contribution in [2.24, 2.45) is 0 Å². The molecule has 4 atom stereocenters. The van der Waals surface area contributed by atoms with Crippen molar-refractivity contribution in [3.63, 3.8) is 0 Å². The van der Waals surface area contributed by atoms with Crippen LogP contribution in [0.1, 0.15) is 40.2 Å². The second kappa shape index (κ2) is 9.41. The first kappa shape index (κ1) is 24.2. The number of aliphatic hydroxyl groups is 1. The van der Waals surface area contributed by atoms with E-state index >= 15 is 0 Å². The highest BCUT2D eigenvalue weighted by molar-refractivity contribution is 6.74. The molecule has 29 heavy (non-hydrogen) atoms. The lowest BCUT2D eigenvalue weighted by Gasteiger charge is -2.37. The van der Waals surface area contributed by atoms with Gasteiger partial charge in [0, 0.05) is 6.54 Å². The average molecular weight is 422 g/mol. The van der Waals surface area contributed by atoms with E-state index in [9.17, 15) is 5.11 Å². The van der Waals surface area contributed by atoms with Crippen LogP contribution in [0.5, 0.6) is 0 Å². The first-order valence-corrected chi connectivity index (χ1v) is 13.3. The predicted molar refractivity (Wildman–Crippen MR) is 120 cm³/mol. The molecule has 164 valence electrons.